The van der Waals surface area contributed by atoms with Crippen molar-refractivity contribution in [3.05, 3.63) is 28.2 Å². The summed E-state index contributed by atoms with van der Waals surface area (Å²) in [4.78, 5) is 22.4. The minimum absolute atomic E-state index is 0.0615. The molecule has 104 valence electrons. The predicted octanol–water partition coefficient (Wildman–Crippen LogP) is 3.23. The van der Waals surface area contributed by atoms with Crippen molar-refractivity contribution < 1.29 is 14.7 Å². The molecule has 0 bridgehead atoms. The Balaban J connectivity index is 2.53. The van der Waals surface area contributed by atoms with Crippen LogP contribution in [0.1, 0.15) is 13.3 Å². The van der Waals surface area contributed by atoms with E-state index in [0.717, 1.165) is 0 Å². The van der Waals surface area contributed by atoms with Gasteiger partial charge in [0.25, 0.3) is 0 Å². The maximum atomic E-state index is 11.6. The van der Waals surface area contributed by atoms with E-state index in [1.165, 1.54) is 0 Å². The number of benzene rings is 1. The van der Waals surface area contributed by atoms with Crippen molar-refractivity contribution in [2.45, 2.75) is 13.3 Å². The normalized spacial score (nSPS) is 11.7. The van der Waals surface area contributed by atoms with Crippen molar-refractivity contribution in [3.8, 4) is 0 Å². The Morgan fingerprint density at radius 1 is 1.26 bits per heavy atom. The molecule has 1 aromatic carbocycles. The SMILES string of the molecule is CCC(CNC(=O)Nc1cc(Cl)cc(Cl)c1)C(=O)O. The molecule has 0 spiro atoms. The number of hydrogen-bond acceptors (Lipinski definition) is 2. The average Bonchev–Trinajstić information content (AvgIpc) is 2.27. The molecule has 0 aliphatic rings. The second-order valence-corrected chi connectivity index (χ2v) is 4.81. The summed E-state index contributed by atoms with van der Waals surface area (Å²) in [7, 11) is 0. The summed E-state index contributed by atoms with van der Waals surface area (Å²) in [6.07, 6.45) is 0.443. The van der Waals surface area contributed by atoms with Crippen LogP contribution in [0.15, 0.2) is 18.2 Å². The first-order valence-electron chi connectivity index (χ1n) is 5.66. The summed E-state index contributed by atoms with van der Waals surface area (Å²) in [5.41, 5.74) is 0.443. The molecule has 1 unspecified atom stereocenters. The number of aliphatic carboxylic acids is 1. The molecule has 19 heavy (non-hydrogen) atoms. The van der Waals surface area contributed by atoms with Crippen LogP contribution in [0.25, 0.3) is 0 Å². The van der Waals surface area contributed by atoms with Crippen molar-refractivity contribution in [2.24, 2.45) is 5.92 Å². The second kappa shape index (κ2) is 7.21. The number of carboxylic acid groups (broad SMARTS) is 1. The molecule has 0 aliphatic heterocycles. The topological polar surface area (TPSA) is 78.4 Å². The van der Waals surface area contributed by atoms with E-state index in [-0.39, 0.29) is 6.54 Å². The van der Waals surface area contributed by atoms with E-state index in [1.807, 2.05) is 0 Å². The zero-order chi connectivity index (χ0) is 14.4. The largest absolute Gasteiger partial charge is 0.481 e. The summed E-state index contributed by atoms with van der Waals surface area (Å²) in [5.74, 6) is -1.54. The smallest absolute Gasteiger partial charge is 0.319 e. The van der Waals surface area contributed by atoms with E-state index >= 15 is 0 Å². The van der Waals surface area contributed by atoms with E-state index in [9.17, 15) is 9.59 Å². The molecule has 0 heterocycles. The molecule has 0 aliphatic carbocycles. The standard InChI is InChI=1S/C12H14Cl2N2O3/c1-2-7(11(17)18)6-15-12(19)16-10-4-8(13)3-9(14)5-10/h3-5,7H,2,6H2,1H3,(H,17,18)(H2,15,16,19). The Labute approximate surface area is 120 Å². The van der Waals surface area contributed by atoms with E-state index in [4.69, 9.17) is 28.3 Å². The highest BCUT2D eigenvalue weighted by molar-refractivity contribution is 6.35. The van der Waals surface area contributed by atoms with Crippen molar-refractivity contribution in [1.29, 1.82) is 0 Å². The molecule has 0 fully saturated rings. The van der Waals surface area contributed by atoms with Crippen molar-refractivity contribution in [3.63, 3.8) is 0 Å². The first-order valence-corrected chi connectivity index (χ1v) is 6.41. The number of anilines is 1. The van der Waals surface area contributed by atoms with Crippen LogP contribution in [0.3, 0.4) is 0 Å². The fraction of sp³-hybridized carbons (Fsp3) is 0.333. The number of hydrogen-bond donors (Lipinski definition) is 3. The third-order valence-electron chi connectivity index (χ3n) is 2.47. The molecule has 0 radical (unpaired) electrons. The Kier molecular flexibility index (Phi) is 5.92. The Hall–Kier alpha value is -1.46. The summed E-state index contributed by atoms with van der Waals surface area (Å²) in [6.45, 7) is 1.81. The van der Waals surface area contributed by atoms with Gasteiger partial charge in [-0.15, -0.1) is 0 Å². The summed E-state index contributed by atoms with van der Waals surface area (Å²) < 4.78 is 0. The van der Waals surface area contributed by atoms with Crippen LogP contribution in [0, 0.1) is 5.92 Å². The molecule has 3 N–H and O–H groups in total. The van der Waals surface area contributed by atoms with Crippen molar-refractivity contribution >= 4 is 40.9 Å². The van der Waals surface area contributed by atoms with Gasteiger partial charge < -0.3 is 15.7 Å². The number of nitrogens with one attached hydrogen (secondary N) is 2. The fourth-order valence-electron chi connectivity index (χ4n) is 1.42. The van der Waals surface area contributed by atoms with Gasteiger partial charge in [0.1, 0.15) is 0 Å². The number of halogens is 2. The van der Waals surface area contributed by atoms with E-state index < -0.39 is 17.9 Å². The maximum Gasteiger partial charge on any atom is 0.319 e. The lowest BCUT2D eigenvalue weighted by molar-refractivity contribution is -0.141. The van der Waals surface area contributed by atoms with E-state index in [0.29, 0.717) is 22.2 Å². The monoisotopic (exact) mass is 304 g/mol. The molecule has 1 atom stereocenters. The molecule has 0 saturated heterocycles. The highest BCUT2D eigenvalue weighted by Gasteiger charge is 2.15. The quantitative estimate of drug-likeness (QED) is 0.781. The van der Waals surface area contributed by atoms with Gasteiger partial charge in [0, 0.05) is 22.3 Å². The lowest BCUT2D eigenvalue weighted by atomic mass is 10.1. The molecule has 1 aromatic rings. The number of rotatable bonds is 5. The summed E-state index contributed by atoms with van der Waals surface area (Å²) in [5, 5.41) is 14.7. The van der Waals surface area contributed by atoms with Gasteiger partial charge in [-0.2, -0.15) is 0 Å². The Bertz CT molecular complexity index is 460. The minimum atomic E-state index is -0.936. The van der Waals surface area contributed by atoms with Crippen molar-refractivity contribution in [2.75, 3.05) is 11.9 Å². The average molecular weight is 305 g/mol. The van der Waals surface area contributed by atoms with Crippen molar-refractivity contribution in [1.82, 2.24) is 5.32 Å². The van der Waals surface area contributed by atoms with Crippen LogP contribution in [0.5, 0.6) is 0 Å². The number of urea groups is 1. The predicted molar refractivity (Wildman–Crippen MR) is 74.9 cm³/mol. The van der Waals surface area contributed by atoms with Gasteiger partial charge in [-0.05, 0) is 24.6 Å². The number of carbonyl (C=O) groups excluding carboxylic acids is 1. The number of carbonyl (C=O) groups is 2. The first kappa shape index (κ1) is 15.6. The molecule has 0 saturated carbocycles. The third-order valence-corrected chi connectivity index (χ3v) is 2.91. The van der Waals surface area contributed by atoms with Gasteiger partial charge >= 0.3 is 12.0 Å². The van der Waals surface area contributed by atoms with Gasteiger partial charge in [0.2, 0.25) is 0 Å². The Morgan fingerprint density at radius 2 is 1.84 bits per heavy atom. The molecule has 5 nitrogen and oxygen atoms in total. The number of amides is 2. The van der Waals surface area contributed by atoms with Crippen LogP contribution in [-0.4, -0.2) is 23.7 Å². The van der Waals surface area contributed by atoms with Crippen LogP contribution in [0.2, 0.25) is 10.0 Å². The minimum Gasteiger partial charge on any atom is -0.481 e. The molecular formula is C12H14Cl2N2O3. The maximum absolute atomic E-state index is 11.6. The highest BCUT2D eigenvalue weighted by atomic mass is 35.5. The molecule has 1 rings (SSSR count). The van der Waals surface area contributed by atoms with Gasteiger partial charge in [0.05, 0.1) is 5.92 Å². The van der Waals surface area contributed by atoms with Crippen LogP contribution in [0.4, 0.5) is 10.5 Å². The van der Waals surface area contributed by atoms with E-state index in [1.54, 1.807) is 25.1 Å². The first-order chi connectivity index (χ1) is 8.92. The molecule has 7 heteroatoms. The third kappa shape index (κ3) is 5.36. The second-order valence-electron chi connectivity index (χ2n) is 3.94. The van der Waals surface area contributed by atoms with Crippen LogP contribution in [-0.2, 0) is 4.79 Å². The zero-order valence-electron chi connectivity index (χ0n) is 10.2. The molecular weight excluding hydrogens is 291 g/mol. The zero-order valence-corrected chi connectivity index (χ0v) is 11.8. The van der Waals surface area contributed by atoms with Gasteiger partial charge in [-0.25, -0.2) is 4.79 Å². The Morgan fingerprint density at radius 3 is 2.32 bits per heavy atom. The van der Waals surface area contributed by atoms with Gasteiger partial charge in [-0.3, -0.25) is 4.79 Å². The van der Waals surface area contributed by atoms with Crippen LogP contribution < -0.4 is 10.6 Å². The van der Waals surface area contributed by atoms with Gasteiger partial charge in [-0.1, -0.05) is 30.1 Å². The summed E-state index contributed by atoms with van der Waals surface area (Å²) in [6, 6.07) is 4.13. The molecule has 2 amide bonds. The van der Waals surface area contributed by atoms with Gasteiger partial charge in [0.15, 0.2) is 0 Å². The lowest BCUT2D eigenvalue weighted by Crippen LogP contribution is -2.35. The number of carboxylic acids is 1. The lowest BCUT2D eigenvalue weighted by Gasteiger charge is -2.12. The summed E-state index contributed by atoms with van der Waals surface area (Å²) >= 11 is 11.6. The molecule has 0 aromatic heterocycles. The highest BCUT2D eigenvalue weighted by Crippen LogP contribution is 2.22. The fourth-order valence-corrected chi connectivity index (χ4v) is 1.95. The van der Waals surface area contributed by atoms with Crippen LogP contribution >= 0.6 is 23.2 Å². The van der Waals surface area contributed by atoms with E-state index in [2.05, 4.69) is 10.6 Å².